The van der Waals surface area contributed by atoms with Crippen molar-refractivity contribution in [2.45, 2.75) is 0 Å². The Labute approximate surface area is 252 Å². The number of hydrogen-bond donors (Lipinski definition) is 0. The molecule has 0 saturated carbocycles. The molecule has 0 amide bonds. The lowest BCUT2D eigenvalue weighted by Gasteiger charge is -2.16. The van der Waals surface area contributed by atoms with E-state index in [2.05, 4.69) is 69.4 Å². The zero-order valence-corrected chi connectivity index (χ0v) is 23.2. The first-order valence-corrected chi connectivity index (χ1v) is 14.1. The predicted octanol–water partition coefficient (Wildman–Crippen LogP) is 9.25. The summed E-state index contributed by atoms with van der Waals surface area (Å²) in [4.78, 5) is 21.7. The lowest BCUT2D eigenvalue weighted by Crippen LogP contribution is -1.93. The fourth-order valence-corrected chi connectivity index (χ4v) is 6.03. The molecule has 202 valence electrons. The fourth-order valence-electron chi connectivity index (χ4n) is 6.03. The summed E-state index contributed by atoms with van der Waals surface area (Å²) in [7, 11) is 0. The van der Waals surface area contributed by atoms with Crippen LogP contribution in [0.1, 0.15) is 5.69 Å². The van der Waals surface area contributed by atoms with E-state index in [0.717, 1.165) is 66.6 Å². The van der Waals surface area contributed by atoms with Gasteiger partial charge < -0.3 is 4.85 Å². The molecule has 0 aliphatic rings. The van der Waals surface area contributed by atoms with Gasteiger partial charge in [-0.15, -0.1) is 4.98 Å². The smallest absolute Gasteiger partial charge is 0.270 e. The molecule has 44 heavy (non-hydrogen) atoms. The zero-order chi connectivity index (χ0) is 29.6. The molecule has 4 heterocycles. The predicted molar refractivity (Wildman–Crippen MR) is 174 cm³/mol. The quantitative estimate of drug-likeness (QED) is 0.158. The number of aromatic nitrogens is 4. The van der Waals surface area contributed by atoms with Crippen molar-refractivity contribution < 1.29 is 0 Å². The first-order chi connectivity index (χ1) is 21.7. The van der Waals surface area contributed by atoms with Crippen molar-refractivity contribution in [1.82, 2.24) is 19.9 Å². The number of nitrogens with zero attached hydrogens (tertiary/aromatic N) is 6. The third-order valence-electron chi connectivity index (χ3n) is 8.04. The van der Waals surface area contributed by atoms with Crippen molar-refractivity contribution in [3.63, 3.8) is 0 Å². The van der Waals surface area contributed by atoms with E-state index in [-0.39, 0.29) is 0 Å². The Hall–Kier alpha value is -6.50. The molecular formula is C38H20N6. The van der Waals surface area contributed by atoms with Crippen LogP contribution in [0.2, 0.25) is 0 Å². The maximum absolute atomic E-state index is 9.32. The topological polar surface area (TPSA) is 79.7 Å². The Bertz CT molecular complexity index is 2310. The molecule has 0 aliphatic heterocycles. The van der Waals surface area contributed by atoms with Crippen molar-refractivity contribution in [3.8, 4) is 51.1 Å². The number of hydrogen-bond acceptors (Lipinski definition) is 5. The first-order valence-electron chi connectivity index (χ1n) is 14.1. The van der Waals surface area contributed by atoms with Gasteiger partial charge in [0.25, 0.3) is 5.82 Å². The van der Waals surface area contributed by atoms with Crippen molar-refractivity contribution >= 4 is 38.1 Å². The summed E-state index contributed by atoms with van der Waals surface area (Å²) in [5.41, 5.74) is 7.48. The summed E-state index contributed by atoms with van der Waals surface area (Å²) in [6.45, 7) is 7.33. The molecule has 6 heteroatoms. The van der Waals surface area contributed by atoms with Crippen LogP contribution in [0.3, 0.4) is 0 Å². The molecule has 6 nitrogen and oxygen atoms in total. The Morgan fingerprint density at radius 2 is 1.09 bits per heavy atom. The maximum Gasteiger partial charge on any atom is 0.270 e. The van der Waals surface area contributed by atoms with Crippen LogP contribution in [0.4, 0.5) is 5.82 Å². The molecule has 0 fully saturated rings. The lowest BCUT2D eigenvalue weighted by atomic mass is 9.88. The fraction of sp³-hybridized carbons (Fsp3) is 0. The first kappa shape index (κ1) is 25.2. The molecule has 0 atom stereocenters. The Morgan fingerprint density at radius 1 is 0.568 bits per heavy atom. The Morgan fingerprint density at radius 3 is 1.66 bits per heavy atom. The highest BCUT2D eigenvalue weighted by atomic mass is 14.9. The van der Waals surface area contributed by atoms with Crippen LogP contribution < -0.4 is 0 Å². The highest BCUT2D eigenvalue weighted by Gasteiger charge is 2.16. The highest BCUT2D eigenvalue weighted by Crippen LogP contribution is 2.42. The molecule has 0 bridgehead atoms. The van der Waals surface area contributed by atoms with E-state index in [4.69, 9.17) is 16.5 Å². The molecule has 0 saturated heterocycles. The summed E-state index contributed by atoms with van der Waals surface area (Å²) >= 11 is 0. The van der Waals surface area contributed by atoms with E-state index in [9.17, 15) is 5.26 Å². The van der Waals surface area contributed by atoms with Gasteiger partial charge in [-0.1, -0.05) is 67.2 Å². The van der Waals surface area contributed by atoms with Crippen LogP contribution in [-0.4, -0.2) is 19.9 Å². The average Bonchev–Trinajstić information content (AvgIpc) is 3.10. The second-order valence-corrected chi connectivity index (χ2v) is 10.5. The van der Waals surface area contributed by atoms with Crippen LogP contribution in [0.15, 0.2) is 122 Å². The third kappa shape index (κ3) is 4.10. The largest absolute Gasteiger partial charge is 0.361 e. The minimum absolute atomic E-state index is 0.348. The van der Waals surface area contributed by atoms with Gasteiger partial charge >= 0.3 is 0 Å². The van der Waals surface area contributed by atoms with Crippen molar-refractivity contribution in [1.29, 1.82) is 5.26 Å². The number of benzene rings is 4. The molecular weight excluding hydrogens is 540 g/mol. The molecule has 4 aromatic heterocycles. The molecule has 0 unspecified atom stereocenters. The molecule has 8 aromatic rings. The summed E-state index contributed by atoms with van der Waals surface area (Å²) in [6.07, 6.45) is 3.29. The minimum Gasteiger partial charge on any atom is -0.361 e. The van der Waals surface area contributed by atoms with Gasteiger partial charge in [0.1, 0.15) is 18.0 Å². The third-order valence-corrected chi connectivity index (χ3v) is 8.04. The van der Waals surface area contributed by atoms with E-state index in [1.54, 1.807) is 24.5 Å². The molecule has 8 rings (SSSR count). The van der Waals surface area contributed by atoms with E-state index in [1.165, 1.54) is 10.8 Å². The van der Waals surface area contributed by atoms with Crippen LogP contribution in [-0.2, 0) is 0 Å². The van der Waals surface area contributed by atoms with Crippen LogP contribution in [0, 0.1) is 17.9 Å². The zero-order valence-electron chi connectivity index (χ0n) is 23.2. The average molecular weight is 561 g/mol. The lowest BCUT2D eigenvalue weighted by molar-refractivity contribution is 1.25. The van der Waals surface area contributed by atoms with E-state index >= 15 is 0 Å². The van der Waals surface area contributed by atoms with Crippen molar-refractivity contribution in [2.75, 3.05) is 0 Å². The number of nitriles is 1. The molecule has 4 aromatic carbocycles. The number of pyridine rings is 4. The van der Waals surface area contributed by atoms with E-state index in [0.29, 0.717) is 11.5 Å². The van der Waals surface area contributed by atoms with Gasteiger partial charge in [-0.3, -0.25) is 0 Å². The van der Waals surface area contributed by atoms with Crippen LogP contribution >= 0.6 is 0 Å². The summed E-state index contributed by atoms with van der Waals surface area (Å²) in [6, 6.07) is 38.7. The van der Waals surface area contributed by atoms with Gasteiger partial charge in [0, 0.05) is 22.9 Å². The van der Waals surface area contributed by atoms with Gasteiger partial charge in [0.2, 0.25) is 0 Å². The highest BCUT2D eigenvalue weighted by molar-refractivity contribution is 6.27. The summed E-state index contributed by atoms with van der Waals surface area (Å²) < 4.78 is 0. The molecule has 0 aliphatic carbocycles. The molecule has 0 N–H and O–H groups in total. The van der Waals surface area contributed by atoms with Gasteiger partial charge in [0.05, 0.1) is 22.8 Å². The van der Waals surface area contributed by atoms with Crippen molar-refractivity contribution in [2.24, 2.45) is 0 Å². The SMILES string of the molecule is [C-]#[N+]c1cc(-c2cccc(-c3ccc4ccc5c(-c6cccc(-c7ccnc(C#N)c7)n6)ccc6ccc3c4c65)n2)ccn1. The molecule has 0 spiro atoms. The van der Waals surface area contributed by atoms with Crippen molar-refractivity contribution in [3.05, 3.63) is 139 Å². The molecule has 0 radical (unpaired) electrons. The monoisotopic (exact) mass is 560 g/mol. The van der Waals surface area contributed by atoms with Gasteiger partial charge in [0.15, 0.2) is 0 Å². The Kier molecular flexibility index (Phi) is 5.79. The van der Waals surface area contributed by atoms with Gasteiger partial charge in [-0.05, 0) is 86.4 Å². The standard InChI is InChI=1S/C38H20N6/c1-40-36-21-26(17-19-42-36)33-5-3-7-35(44-33)29-13-9-24-10-14-30-28(12-8-23-11-15-31(29)38(24)37(23)30)34-6-2-4-32(43-34)25-16-18-41-27(20-25)22-39/h2-21H. The maximum atomic E-state index is 9.32. The second kappa shape index (κ2) is 10.1. The summed E-state index contributed by atoms with van der Waals surface area (Å²) in [5, 5.41) is 16.3. The number of rotatable bonds is 4. The van der Waals surface area contributed by atoms with Crippen LogP contribution in [0.25, 0.3) is 82.2 Å². The Balaban J connectivity index is 1.30. The minimum atomic E-state index is 0.348. The van der Waals surface area contributed by atoms with Crippen LogP contribution in [0.5, 0.6) is 0 Å². The van der Waals surface area contributed by atoms with E-state index < -0.39 is 0 Å². The van der Waals surface area contributed by atoms with Gasteiger partial charge in [-0.25, -0.2) is 15.0 Å². The second-order valence-electron chi connectivity index (χ2n) is 10.5. The van der Waals surface area contributed by atoms with E-state index in [1.807, 2.05) is 48.5 Å². The van der Waals surface area contributed by atoms with Gasteiger partial charge in [-0.2, -0.15) is 5.26 Å². The summed E-state index contributed by atoms with van der Waals surface area (Å²) in [5.74, 6) is 0.348. The normalized spacial score (nSPS) is 11.1.